The molecule has 0 bridgehead atoms. The van der Waals surface area contributed by atoms with Crippen LogP contribution in [0.4, 0.5) is 4.39 Å². The highest BCUT2D eigenvalue weighted by Gasteiger charge is 2.34. The first-order valence-corrected chi connectivity index (χ1v) is 7.41. The highest BCUT2D eigenvalue weighted by atomic mass is 32.2. The van der Waals surface area contributed by atoms with Crippen molar-refractivity contribution in [1.29, 1.82) is 0 Å². The van der Waals surface area contributed by atoms with E-state index in [-0.39, 0.29) is 17.5 Å². The molecule has 4 nitrogen and oxygen atoms in total. The smallest absolute Gasteiger partial charge is 0.243 e. The van der Waals surface area contributed by atoms with Gasteiger partial charge in [0.15, 0.2) is 0 Å². The fourth-order valence-corrected chi connectivity index (χ4v) is 3.30. The predicted molar refractivity (Wildman–Crippen MR) is 67.0 cm³/mol. The standard InChI is InChI=1S/C12H17FN2O2S/c1-8-2-5-12(10(13)6-8)18(16,17)15-11(7-14)9-3-4-9/h2,5-6,9,11,15H,3-4,7,14H2,1H3. The Labute approximate surface area is 106 Å². The van der Waals surface area contributed by atoms with Gasteiger partial charge in [-0.15, -0.1) is 0 Å². The Morgan fingerprint density at radius 2 is 2.17 bits per heavy atom. The van der Waals surface area contributed by atoms with Gasteiger partial charge in [0.05, 0.1) is 0 Å². The molecule has 100 valence electrons. The molecule has 0 spiro atoms. The molecule has 0 amide bonds. The van der Waals surface area contributed by atoms with Crippen molar-refractivity contribution in [2.24, 2.45) is 11.7 Å². The largest absolute Gasteiger partial charge is 0.329 e. The maximum atomic E-state index is 13.7. The van der Waals surface area contributed by atoms with Crippen LogP contribution in [-0.2, 0) is 10.0 Å². The van der Waals surface area contributed by atoms with Crippen LogP contribution in [0.3, 0.4) is 0 Å². The molecule has 1 unspecified atom stereocenters. The number of hydrogen-bond donors (Lipinski definition) is 2. The summed E-state index contributed by atoms with van der Waals surface area (Å²) < 4.78 is 40.3. The molecular formula is C12H17FN2O2S. The lowest BCUT2D eigenvalue weighted by atomic mass is 10.2. The van der Waals surface area contributed by atoms with Crippen molar-refractivity contribution in [3.63, 3.8) is 0 Å². The van der Waals surface area contributed by atoms with Crippen molar-refractivity contribution in [3.8, 4) is 0 Å². The van der Waals surface area contributed by atoms with Gasteiger partial charge in [0, 0.05) is 12.6 Å². The first-order valence-electron chi connectivity index (χ1n) is 5.92. The van der Waals surface area contributed by atoms with Gasteiger partial charge in [0.1, 0.15) is 10.7 Å². The molecule has 1 fully saturated rings. The summed E-state index contributed by atoms with van der Waals surface area (Å²) in [5, 5.41) is 0. The van der Waals surface area contributed by atoms with Gasteiger partial charge in [-0.2, -0.15) is 0 Å². The summed E-state index contributed by atoms with van der Waals surface area (Å²) >= 11 is 0. The molecule has 3 N–H and O–H groups in total. The van der Waals surface area contributed by atoms with Crippen LogP contribution in [0.15, 0.2) is 23.1 Å². The summed E-state index contributed by atoms with van der Waals surface area (Å²) in [5.74, 6) is -0.438. The van der Waals surface area contributed by atoms with E-state index >= 15 is 0 Å². The lowest BCUT2D eigenvalue weighted by Gasteiger charge is -2.16. The van der Waals surface area contributed by atoms with Crippen molar-refractivity contribution in [2.75, 3.05) is 6.54 Å². The summed E-state index contributed by atoms with van der Waals surface area (Å²) in [6, 6.07) is 3.78. The molecule has 0 heterocycles. The van der Waals surface area contributed by atoms with Gasteiger partial charge < -0.3 is 5.73 Å². The van der Waals surface area contributed by atoms with Gasteiger partial charge >= 0.3 is 0 Å². The third-order valence-electron chi connectivity index (χ3n) is 3.13. The lowest BCUT2D eigenvalue weighted by molar-refractivity contribution is 0.511. The third kappa shape index (κ3) is 2.88. The van der Waals surface area contributed by atoms with Crippen LogP contribution in [0.2, 0.25) is 0 Å². The normalized spacial score (nSPS) is 17.7. The zero-order valence-corrected chi connectivity index (χ0v) is 11.0. The number of halogens is 1. The van der Waals surface area contributed by atoms with Crippen molar-refractivity contribution in [3.05, 3.63) is 29.6 Å². The number of sulfonamides is 1. The molecule has 0 saturated heterocycles. The van der Waals surface area contributed by atoms with Gasteiger partial charge in [-0.05, 0) is 43.4 Å². The highest BCUT2D eigenvalue weighted by Crippen LogP contribution is 2.33. The van der Waals surface area contributed by atoms with E-state index < -0.39 is 15.8 Å². The average Bonchev–Trinajstić information content (AvgIpc) is 3.09. The van der Waals surface area contributed by atoms with Crippen LogP contribution in [-0.4, -0.2) is 21.0 Å². The minimum Gasteiger partial charge on any atom is -0.329 e. The van der Waals surface area contributed by atoms with E-state index in [0.717, 1.165) is 12.8 Å². The molecule has 2 rings (SSSR count). The van der Waals surface area contributed by atoms with Crippen LogP contribution in [0.1, 0.15) is 18.4 Å². The number of nitrogens with one attached hydrogen (secondary N) is 1. The van der Waals surface area contributed by atoms with Gasteiger partial charge in [-0.25, -0.2) is 17.5 Å². The predicted octanol–water partition coefficient (Wildman–Crippen LogP) is 1.15. The van der Waals surface area contributed by atoms with Gasteiger partial charge in [-0.3, -0.25) is 0 Å². The lowest BCUT2D eigenvalue weighted by Crippen LogP contribution is -2.41. The molecule has 1 aromatic carbocycles. The first-order chi connectivity index (χ1) is 8.44. The van der Waals surface area contributed by atoms with E-state index in [1.807, 2.05) is 0 Å². The van der Waals surface area contributed by atoms with E-state index in [9.17, 15) is 12.8 Å². The fraction of sp³-hybridized carbons (Fsp3) is 0.500. The molecular weight excluding hydrogens is 255 g/mol. The zero-order valence-electron chi connectivity index (χ0n) is 10.2. The van der Waals surface area contributed by atoms with Gasteiger partial charge in [-0.1, -0.05) is 6.07 Å². The third-order valence-corrected chi connectivity index (χ3v) is 4.65. The van der Waals surface area contributed by atoms with Crippen molar-refractivity contribution >= 4 is 10.0 Å². The number of hydrogen-bond acceptors (Lipinski definition) is 3. The Hall–Kier alpha value is -0.980. The Morgan fingerprint density at radius 3 is 2.67 bits per heavy atom. The Morgan fingerprint density at radius 1 is 1.50 bits per heavy atom. The van der Waals surface area contributed by atoms with E-state index in [2.05, 4.69) is 4.72 Å². The maximum Gasteiger partial charge on any atom is 0.243 e. The van der Waals surface area contributed by atoms with Crippen LogP contribution < -0.4 is 10.5 Å². The molecule has 1 aliphatic rings. The Kier molecular flexibility index (Phi) is 3.70. The number of benzene rings is 1. The topological polar surface area (TPSA) is 72.2 Å². The minimum absolute atomic E-state index is 0.234. The van der Waals surface area contributed by atoms with E-state index in [1.54, 1.807) is 13.0 Å². The molecule has 1 aliphatic carbocycles. The van der Waals surface area contributed by atoms with Crippen LogP contribution in [0.5, 0.6) is 0 Å². The molecule has 1 saturated carbocycles. The highest BCUT2D eigenvalue weighted by molar-refractivity contribution is 7.89. The first kappa shape index (κ1) is 13.5. The summed E-state index contributed by atoms with van der Waals surface area (Å²) in [7, 11) is -3.83. The summed E-state index contributed by atoms with van der Waals surface area (Å²) in [5.41, 5.74) is 6.22. The second kappa shape index (κ2) is 4.95. The van der Waals surface area contributed by atoms with Crippen molar-refractivity contribution in [2.45, 2.75) is 30.7 Å². The Balaban J connectivity index is 2.24. The summed E-state index contributed by atoms with van der Waals surface area (Å²) in [4.78, 5) is -0.313. The average molecular weight is 272 g/mol. The van der Waals surface area contributed by atoms with Gasteiger partial charge in [0.25, 0.3) is 0 Å². The quantitative estimate of drug-likeness (QED) is 0.844. The maximum absolute atomic E-state index is 13.7. The fourth-order valence-electron chi connectivity index (χ4n) is 1.92. The molecule has 1 atom stereocenters. The molecule has 0 aromatic heterocycles. The second-order valence-corrected chi connectivity index (χ2v) is 6.42. The monoisotopic (exact) mass is 272 g/mol. The zero-order chi connectivity index (χ0) is 13.3. The molecule has 0 radical (unpaired) electrons. The number of aryl methyl sites for hydroxylation is 1. The second-order valence-electron chi connectivity index (χ2n) is 4.73. The van der Waals surface area contributed by atoms with Crippen molar-refractivity contribution < 1.29 is 12.8 Å². The van der Waals surface area contributed by atoms with E-state index in [0.29, 0.717) is 11.5 Å². The molecule has 18 heavy (non-hydrogen) atoms. The van der Waals surface area contributed by atoms with Gasteiger partial charge in [0.2, 0.25) is 10.0 Å². The Bertz CT molecular complexity index is 541. The van der Waals surface area contributed by atoms with Crippen LogP contribution >= 0.6 is 0 Å². The van der Waals surface area contributed by atoms with Crippen LogP contribution in [0.25, 0.3) is 0 Å². The van der Waals surface area contributed by atoms with E-state index in [4.69, 9.17) is 5.73 Å². The minimum atomic E-state index is -3.83. The molecule has 1 aromatic rings. The van der Waals surface area contributed by atoms with Crippen molar-refractivity contribution in [1.82, 2.24) is 4.72 Å². The number of rotatable bonds is 5. The molecule has 0 aliphatic heterocycles. The number of nitrogens with two attached hydrogens (primary N) is 1. The summed E-state index contributed by atoms with van der Waals surface area (Å²) in [6.45, 7) is 1.94. The SMILES string of the molecule is Cc1ccc(S(=O)(=O)NC(CN)C2CC2)c(F)c1. The summed E-state index contributed by atoms with van der Waals surface area (Å²) in [6.07, 6.45) is 1.95. The van der Waals surface area contributed by atoms with Crippen LogP contribution in [0, 0.1) is 18.7 Å². The molecule has 6 heteroatoms. The van der Waals surface area contributed by atoms with E-state index in [1.165, 1.54) is 12.1 Å².